The Morgan fingerprint density at radius 1 is 0.818 bits per heavy atom. The smallest absolute Gasteiger partial charge is 0.253 e. The van der Waals surface area contributed by atoms with Gasteiger partial charge < -0.3 is 10.2 Å². The number of nitrogens with one attached hydrogen (secondary N) is 1. The highest BCUT2D eigenvalue weighted by Gasteiger charge is 2.19. The molecule has 2 heterocycles. The van der Waals surface area contributed by atoms with Crippen LogP contribution in [0.5, 0.6) is 0 Å². The van der Waals surface area contributed by atoms with Crippen molar-refractivity contribution in [2.24, 2.45) is 0 Å². The van der Waals surface area contributed by atoms with E-state index in [9.17, 15) is 9.59 Å². The van der Waals surface area contributed by atoms with Gasteiger partial charge in [0.05, 0.1) is 12.1 Å². The summed E-state index contributed by atoms with van der Waals surface area (Å²) < 4.78 is 1.85. The summed E-state index contributed by atoms with van der Waals surface area (Å²) in [5.74, 6) is -0.0490. The van der Waals surface area contributed by atoms with Gasteiger partial charge in [0.2, 0.25) is 0 Å². The zero-order chi connectivity index (χ0) is 22.6. The van der Waals surface area contributed by atoms with E-state index >= 15 is 0 Å². The maximum atomic E-state index is 12.6. The van der Waals surface area contributed by atoms with Crippen LogP contribution in [0.25, 0.3) is 11.0 Å². The number of carbonyl (C=O) groups is 2. The van der Waals surface area contributed by atoms with Crippen LogP contribution in [-0.4, -0.2) is 44.8 Å². The fourth-order valence-corrected chi connectivity index (χ4v) is 4.12. The minimum absolute atomic E-state index is 0.0852. The predicted molar refractivity (Wildman–Crippen MR) is 126 cm³/mol. The summed E-state index contributed by atoms with van der Waals surface area (Å²) in [6.07, 6.45) is 2.16. The van der Waals surface area contributed by atoms with E-state index in [2.05, 4.69) is 15.6 Å². The van der Waals surface area contributed by atoms with Gasteiger partial charge in [-0.3, -0.25) is 9.59 Å². The van der Waals surface area contributed by atoms with Crippen molar-refractivity contribution in [1.29, 1.82) is 0 Å². The third-order valence-electron chi connectivity index (χ3n) is 6.02. The lowest BCUT2D eigenvalue weighted by Crippen LogP contribution is -2.27. The highest BCUT2D eigenvalue weighted by atomic mass is 16.2. The molecule has 1 aliphatic heterocycles. The molecule has 33 heavy (non-hydrogen) atoms. The van der Waals surface area contributed by atoms with E-state index in [1.165, 1.54) is 0 Å². The molecule has 0 bridgehead atoms. The number of hydrogen-bond acceptors (Lipinski definition) is 4. The first-order valence-corrected chi connectivity index (χ1v) is 11.2. The predicted octanol–water partition coefficient (Wildman–Crippen LogP) is 3.65. The Balaban J connectivity index is 1.17. The quantitative estimate of drug-likeness (QED) is 0.497. The van der Waals surface area contributed by atoms with Gasteiger partial charge in [0.25, 0.3) is 11.8 Å². The number of para-hydroxylation sites is 1. The van der Waals surface area contributed by atoms with Gasteiger partial charge in [-0.2, -0.15) is 0 Å². The number of hydrogen-bond donors (Lipinski definition) is 1. The molecule has 4 aromatic rings. The molecule has 166 valence electrons. The Bertz CT molecular complexity index is 1270. The van der Waals surface area contributed by atoms with Crippen LogP contribution in [0.2, 0.25) is 0 Å². The molecule has 2 amide bonds. The fourth-order valence-electron chi connectivity index (χ4n) is 4.12. The summed E-state index contributed by atoms with van der Waals surface area (Å²) in [5, 5.41) is 11.3. The first-order chi connectivity index (χ1) is 16.2. The summed E-state index contributed by atoms with van der Waals surface area (Å²) in [6.45, 7) is 2.67. The molecule has 0 saturated carbocycles. The van der Waals surface area contributed by atoms with E-state index in [1.807, 2.05) is 82.4 Å². The molecule has 1 saturated heterocycles. The van der Waals surface area contributed by atoms with Crippen molar-refractivity contribution in [1.82, 2.24) is 25.2 Å². The van der Waals surface area contributed by atoms with Crippen molar-refractivity contribution in [3.63, 3.8) is 0 Å². The molecule has 1 fully saturated rings. The molecule has 3 aromatic carbocycles. The van der Waals surface area contributed by atoms with Crippen molar-refractivity contribution in [2.75, 3.05) is 13.1 Å². The molecule has 5 rings (SSSR count). The van der Waals surface area contributed by atoms with Gasteiger partial charge in [0, 0.05) is 30.8 Å². The topological polar surface area (TPSA) is 80.1 Å². The van der Waals surface area contributed by atoms with E-state index in [4.69, 9.17) is 0 Å². The Morgan fingerprint density at radius 3 is 2.24 bits per heavy atom. The number of likely N-dealkylation sites (tertiary alicyclic amines) is 1. The summed E-state index contributed by atoms with van der Waals surface area (Å²) in [4.78, 5) is 26.9. The lowest BCUT2D eigenvalue weighted by molar-refractivity contribution is 0.0792. The SMILES string of the molecule is O=C(NCc1ccc(C(=O)N2CCCC2)cc1)c1ccc(Cn2nnc3ccccc32)cc1. The number of amides is 2. The number of carbonyl (C=O) groups excluding carboxylic acids is 2. The molecule has 1 aromatic heterocycles. The second kappa shape index (κ2) is 9.24. The van der Waals surface area contributed by atoms with E-state index in [-0.39, 0.29) is 11.8 Å². The molecule has 7 heteroatoms. The van der Waals surface area contributed by atoms with Crippen molar-refractivity contribution in [3.8, 4) is 0 Å². The summed E-state index contributed by atoms with van der Waals surface area (Å²) in [5.41, 5.74) is 5.14. The van der Waals surface area contributed by atoms with Crippen LogP contribution in [0.1, 0.15) is 44.7 Å². The van der Waals surface area contributed by atoms with E-state index in [0.29, 0.717) is 24.2 Å². The highest BCUT2D eigenvalue weighted by molar-refractivity contribution is 5.95. The van der Waals surface area contributed by atoms with Gasteiger partial charge in [0.15, 0.2) is 0 Å². The van der Waals surface area contributed by atoms with Crippen LogP contribution in [0.4, 0.5) is 0 Å². The fraction of sp³-hybridized carbons (Fsp3) is 0.231. The molecule has 0 aliphatic carbocycles. The van der Waals surface area contributed by atoms with E-state index in [0.717, 1.165) is 48.1 Å². The van der Waals surface area contributed by atoms with Crippen LogP contribution in [0.3, 0.4) is 0 Å². The zero-order valence-corrected chi connectivity index (χ0v) is 18.3. The molecule has 0 atom stereocenters. The first kappa shape index (κ1) is 20.9. The number of benzene rings is 3. The van der Waals surface area contributed by atoms with Gasteiger partial charge in [-0.1, -0.05) is 41.6 Å². The van der Waals surface area contributed by atoms with Crippen LogP contribution in [0, 0.1) is 0 Å². The third kappa shape index (κ3) is 4.62. The monoisotopic (exact) mass is 439 g/mol. The average molecular weight is 440 g/mol. The minimum atomic E-state index is -0.134. The van der Waals surface area contributed by atoms with Gasteiger partial charge >= 0.3 is 0 Å². The summed E-state index contributed by atoms with van der Waals surface area (Å²) in [6, 6.07) is 22.8. The van der Waals surface area contributed by atoms with Crippen molar-refractivity contribution >= 4 is 22.8 Å². The normalized spacial score (nSPS) is 13.4. The second-order valence-electron chi connectivity index (χ2n) is 8.31. The lowest BCUT2D eigenvalue weighted by atomic mass is 10.1. The Labute approximate surface area is 192 Å². The molecule has 1 aliphatic rings. The number of nitrogens with zero attached hydrogens (tertiary/aromatic N) is 4. The Kier molecular flexibility index (Phi) is 5.85. The summed E-state index contributed by atoms with van der Waals surface area (Å²) >= 11 is 0. The maximum absolute atomic E-state index is 12.6. The van der Waals surface area contributed by atoms with Crippen LogP contribution in [-0.2, 0) is 13.1 Å². The summed E-state index contributed by atoms with van der Waals surface area (Å²) in [7, 11) is 0. The molecule has 7 nitrogen and oxygen atoms in total. The molecule has 0 unspecified atom stereocenters. The Morgan fingerprint density at radius 2 is 1.48 bits per heavy atom. The maximum Gasteiger partial charge on any atom is 0.253 e. The highest BCUT2D eigenvalue weighted by Crippen LogP contribution is 2.15. The lowest BCUT2D eigenvalue weighted by Gasteiger charge is -2.15. The van der Waals surface area contributed by atoms with Gasteiger partial charge in [-0.25, -0.2) is 4.68 Å². The second-order valence-corrected chi connectivity index (χ2v) is 8.31. The Hall–Kier alpha value is -4.00. The van der Waals surface area contributed by atoms with E-state index < -0.39 is 0 Å². The van der Waals surface area contributed by atoms with Crippen LogP contribution >= 0.6 is 0 Å². The number of rotatable bonds is 6. The zero-order valence-electron chi connectivity index (χ0n) is 18.3. The first-order valence-electron chi connectivity index (χ1n) is 11.2. The minimum Gasteiger partial charge on any atom is -0.348 e. The standard InChI is InChI=1S/C26H25N5O2/c32-25(27-17-19-7-13-22(14-8-19)26(33)30-15-3-4-16-30)21-11-9-20(10-12-21)18-31-24-6-2-1-5-23(24)28-29-31/h1-2,5-14H,3-4,15-18H2,(H,27,32). The van der Waals surface area contributed by atoms with Gasteiger partial charge in [0.1, 0.15) is 5.52 Å². The van der Waals surface area contributed by atoms with Gasteiger partial charge in [-0.15, -0.1) is 5.10 Å². The van der Waals surface area contributed by atoms with Crippen molar-refractivity contribution in [2.45, 2.75) is 25.9 Å². The molecule has 1 N–H and O–H groups in total. The molecule has 0 spiro atoms. The largest absolute Gasteiger partial charge is 0.348 e. The number of fused-ring (bicyclic) bond motifs is 1. The molecular weight excluding hydrogens is 414 g/mol. The van der Waals surface area contributed by atoms with Gasteiger partial charge in [-0.05, 0) is 60.4 Å². The third-order valence-corrected chi connectivity index (χ3v) is 6.02. The van der Waals surface area contributed by atoms with E-state index in [1.54, 1.807) is 0 Å². The average Bonchev–Trinajstić information content (AvgIpc) is 3.54. The van der Waals surface area contributed by atoms with Crippen molar-refractivity contribution < 1.29 is 9.59 Å². The van der Waals surface area contributed by atoms with Crippen LogP contribution < -0.4 is 5.32 Å². The number of aromatic nitrogens is 3. The molecular formula is C26H25N5O2. The van der Waals surface area contributed by atoms with Crippen molar-refractivity contribution in [3.05, 3.63) is 95.1 Å². The van der Waals surface area contributed by atoms with Crippen LogP contribution in [0.15, 0.2) is 72.8 Å². The molecule has 0 radical (unpaired) electrons.